The Morgan fingerprint density at radius 2 is 2.36 bits per heavy atom. The second kappa shape index (κ2) is 8.53. The molecule has 0 radical (unpaired) electrons. The third-order valence-corrected chi connectivity index (χ3v) is 3.59. The van der Waals surface area contributed by atoms with Gasteiger partial charge in [-0.15, -0.1) is 0 Å². The first kappa shape index (κ1) is 16.5. The molecule has 2 rings (SSSR count). The van der Waals surface area contributed by atoms with Gasteiger partial charge in [0.1, 0.15) is 6.10 Å². The Labute approximate surface area is 130 Å². The Morgan fingerprint density at radius 1 is 1.50 bits per heavy atom. The van der Waals surface area contributed by atoms with Crippen LogP contribution in [0.2, 0.25) is 0 Å². The molecular formula is C15H24N4O3. The van der Waals surface area contributed by atoms with Crippen LogP contribution in [0.5, 0.6) is 0 Å². The number of carbonyl (C=O) groups excluding carboxylic acids is 1. The van der Waals surface area contributed by atoms with Crippen molar-refractivity contribution >= 4 is 6.03 Å². The van der Waals surface area contributed by atoms with E-state index in [-0.39, 0.29) is 18.7 Å². The molecule has 0 saturated carbocycles. The fourth-order valence-corrected chi connectivity index (χ4v) is 2.33. The SMILES string of the molecule is CCO[C@@H](C)c1noc(CNC(=O)NC[C@H]2CC=CCC2)n1. The highest BCUT2D eigenvalue weighted by molar-refractivity contribution is 5.73. The van der Waals surface area contributed by atoms with Gasteiger partial charge in [0.05, 0.1) is 6.54 Å². The lowest BCUT2D eigenvalue weighted by molar-refractivity contribution is 0.0683. The van der Waals surface area contributed by atoms with Gasteiger partial charge < -0.3 is 19.9 Å². The van der Waals surface area contributed by atoms with Crippen LogP contribution in [-0.4, -0.2) is 29.3 Å². The lowest BCUT2D eigenvalue weighted by atomic mass is 9.94. The van der Waals surface area contributed by atoms with Crippen LogP contribution in [0.3, 0.4) is 0 Å². The van der Waals surface area contributed by atoms with Crippen LogP contribution in [0.25, 0.3) is 0 Å². The zero-order valence-corrected chi connectivity index (χ0v) is 13.2. The number of nitrogens with one attached hydrogen (secondary N) is 2. The first-order valence-electron chi connectivity index (χ1n) is 7.79. The number of hydrogen-bond acceptors (Lipinski definition) is 5. The van der Waals surface area contributed by atoms with Crippen molar-refractivity contribution in [2.75, 3.05) is 13.2 Å². The summed E-state index contributed by atoms with van der Waals surface area (Å²) in [5, 5.41) is 9.43. The number of rotatable bonds is 7. The van der Waals surface area contributed by atoms with Gasteiger partial charge in [0, 0.05) is 13.2 Å². The van der Waals surface area contributed by atoms with Crippen LogP contribution in [0.4, 0.5) is 4.79 Å². The molecule has 1 aliphatic carbocycles. The maximum atomic E-state index is 11.7. The molecule has 2 amide bonds. The van der Waals surface area contributed by atoms with Gasteiger partial charge in [-0.1, -0.05) is 17.3 Å². The zero-order valence-electron chi connectivity index (χ0n) is 13.2. The molecule has 1 aliphatic rings. The summed E-state index contributed by atoms with van der Waals surface area (Å²) in [7, 11) is 0. The molecule has 1 aromatic rings. The van der Waals surface area contributed by atoms with Crippen molar-refractivity contribution in [2.45, 2.75) is 45.8 Å². The Kier molecular flexibility index (Phi) is 6.39. The normalized spacial score (nSPS) is 18.9. The highest BCUT2D eigenvalue weighted by Gasteiger charge is 2.15. The maximum Gasteiger partial charge on any atom is 0.315 e. The van der Waals surface area contributed by atoms with Crippen LogP contribution >= 0.6 is 0 Å². The molecule has 1 heterocycles. The average molecular weight is 308 g/mol. The van der Waals surface area contributed by atoms with E-state index >= 15 is 0 Å². The average Bonchev–Trinajstić information content (AvgIpc) is 3.01. The Bertz CT molecular complexity index is 501. The van der Waals surface area contributed by atoms with Crippen molar-refractivity contribution in [1.82, 2.24) is 20.8 Å². The van der Waals surface area contributed by atoms with E-state index in [2.05, 4.69) is 32.9 Å². The predicted octanol–water partition coefficient (Wildman–Crippen LogP) is 2.32. The van der Waals surface area contributed by atoms with Crippen LogP contribution in [-0.2, 0) is 11.3 Å². The van der Waals surface area contributed by atoms with Crippen LogP contribution in [0, 0.1) is 5.92 Å². The number of amides is 2. The summed E-state index contributed by atoms with van der Waals surface area (Å²) in [6, 6.07) is -0.216. The number of urea groups is 1. The molecule has 0 aromatic carbocycles. The number of ether oxygens (including phenoxy) is 1. The van der Waals surface area contributed by atoms with Gasteiger partial charge in [0.15, 0.2) is 5.82 Å². The minimum atomic E-state index is -0.216. The van der Waals surface area contributed by atoms with Gasteiger partial charge in [0.25, 0.3) is 0 Å². The van der Waals surface area contributed by atoms with Crippen LogP contribution in [0.15, 0.2) is 16.7 Å². The monoisotopic (exact) mass is 308 g/mol. The highest BCUT2D eigenvalue weighted by Crippen LogP contribution is 2.16. The van der Waals surface area contributed by atoms with E-state index in [9.17, 15) is 4.79 Å². The maximum absolute atomic E-state index is 11.7. The zero-order chi connectivity index (χ0) is 15.8. The summed E-state index contributed by atoms with van der Waals surface area (Å²) in [6.45, 7) is 5.25. The molecule has 0 saturated heterocycles. The van der Waals surface area contributed by atoms with E-state index in [1.807, 2.05) is 13.8 Å². The molecule has 0 fully saturated rings. The van der Waals surface area contributed by atoms with E-state index in [0.29, 0.717) is 30.8 Å². The van der Waals surface area contributed by atoms with Crippen molar-refractivity contribution in [3.63, 3.8) is 0 Å². The first-order chi connectivity index (χ1) is 10.7. The molecule has 2 atom stereocenters. The second-order valence-electron chi connectivity index (χ2n) is 5.36. The van der Waals surface area contributed by atoms with E-state index in [1.54, 1.807) is 0 Å². The number of nitrogens with zero attached hydrogens (tertiary/aromatic N) is 2. The summed E-state index contributed by atoms with van der Waals surface area (Å²) in [5.41, 5.74) is 0. The van der Waals surface area contributed by atoms with E-state index in [1.165, 1.54) is 0 Å². The molecule has 1 aromatic heterocycles. The minimum absolute atomic E-state index is 0.211. The number of hydrogen-bond donors (Lipinski definition) is 2. The van der Waals surface area contributed by atoms with Gasteiger partial charge in [0.2, 0.25) is 5.89 Å². The van der Waals surface area contributed by atoms with E-state index in [4.69, 9.17) is 9.26 Å². The Morgan fingerprint density at radius 3 is 3.09 bits per heavy atom. The molecule has 0 aliphatic heterocycles. The van der Waals surface area contributed by atoms with Gasteiger partial charge in [-0.25, -0.2) is 4.79 Å². The van der Waals surface area contributed by atoms with E-state index in [0.717, 1.165) is 19.3 Å². The predicted molar refractivity (Wildman–Crippen MR) is 81.1 cm³/mol. The van der Waals surface area contributed by atoms with Crippen molar-refractivity contribution in [3.05, 3.63) is 23.9 Å². The van der Waals surface area contributed by atoms with Crippen molar-refractivity contribution in [2.24, 2.45) is 5.92 Å². The van der Waals surface area contributed by atoms with Crippen LogP contribution in [0.1, 0.15) is 50.9 Å². The van der Waals surface area contributed by atoms with Gasteiger partial charge in [-0.2, -0.15) is 4.98 Å². The number of aromatic nitrogens is 2. The summed E-state index contributed by atoms with van der Waals surface area (Å²) in [6.07, 6.45) is 7.40. The van der Waals surface area contributed by atoms with Gasteiger partial charge in [-0.3, -0.25) is 0 Å². The molecule has 7 nitrogen and oxygen atoms in total. The Hall–Kier alpha value is -1.89. The summed E-state index contributed by atoms with van der Waals surface area (Å²) in [5.74, 6) is 1.39. The highest BCUT2D eigenvalue weighted by atomic mass is 16.5. The molecule has 0 spiro atoms. The fraction of sp³-hybridized carbons (Fsp3) is 0.667. The topological polar surface area (TPSA) is 89.3 Å². The van der Waals surface area contributed by atoms with Crippen molar-refractivity contribution in [3.8, 4) is 0 Å². The number of carbonyl (C=O) groups is 1. The quantitative estimate of drug-likeness (QED) is 0.755. The van der Waals surface area contributed by atoms with Crippen LogP contribution < -0.4 is 10.6 Å². The molecule has 2 N–H and O–H groups in total. The molecular weight excluding hydrogens is 284 g/mol. The van der Waals surface area contributed by atoms with E-state index < -0.39 is 0 Å². The lowest BCUT2D eigenvalue weighted by Gasteiger charge is -2.18. The molecule has 0 bridgehead atoms. The largest absolute Gasteiger partial charge is 0.371 e. The summed E-state index contributed by atoms with van der Waals surface area (Å²) >= 11 is 0. The third kappa shape index (κ3) is 5.14. The lowest BCUT2D eigenvalue weighted by Crippen LogP contribution is -2.38. The smallest absolute Gasteiger partial charge is 0.315 e. The third-order valence-electron chi connectivity index (χ3n) is 3.59. The summed E-state index contributed by atoms with van der Waals surface area (Å²) < 4.78 is 10.5. The molecule has 7 heteroatoms. The molecule has 0 unspecified atom stereocenters. The molecule has 122 valence electrons. The van der Waals surface area contributed by atoms with Crippen molar-refractivity contribution in [1.29, 1.82) is 0 Å². The molecule has 22 heavy (non-hydrogen) atoms. The minimum Gasteiger partial charge on any atom is -0.371 e. The van der Waals surface area contributed by atoms with Crippen molar-refractivity contribution < 1.29 is 14.1 Å². The Balaban J connectivity index is 1.68. The second-order valence-corrected chi connectivity index (χ2v) is 5.36. The van der Waals surface area contributed by atoms with Gasteiger partial charge in [-0.05, 0) is 39.0 Å². The summed E-state index contributed by atoms with van der Waals surface area (Å²) in [4.78, 5) is 15.9. The standard InChI is InChI=1S/C15H24N4O3/c1-3-21-11(2)14-18-13(22-19-14)10-17-15(20)16-9-12-7-5-4-6-8-12/h4-5,11-12H,3,6-10H2,1-2H3,(H2,16,17,20)/t11-,12-/m0/s1. The van der Waals surface area contributed by atoms with Gasteiger partial charge >= 0.3 is 6.03 Å². The number of allylic oxidation sites excluding steroid dienone is 2. The fourth-order valence-electron chi connectivity index (χ4n) is 2.33. The first-order valence-corrected chi connectivity index (χ1v) is 7.79.